The van der Waals surface area contributed by atoms with Crippen molar-refractivity contribution in [2.75, 3.05) is 5.32 Å². The highest BCUT2D eigenvalue weighted by Gasteiger charge is 2.15. The average Bonchev–Trinajstić information content (AvgIpc) is 2.28. The summed E-state index contributed by atoms with van der Waals surface area (Å²) in [4.78, 5) is 21.0. The van der Waals surface area contributed by atoms with Crippen LogP contribution in [0.15, 0.2) is 18.2 Å². The van der Waals surface area contributed by atoms with Gasteiger partial charge in [0.05, 0.1) is 4.92 Å². The van der Waals surface area contributed by atoms with Crippen LogP contribution >= 0.6 is 0 Å². The molecule has 17 heavy (non-hydrogen) atoms. The summed E-state index contributed by atoms with van der Waals surface area (Å²) in [5.74, 6) is -1.01. The minimum absolute atomic E-state index is 0.00934. The zero-order valence-electron chi connectivity index (χ0n) is 9.64. The summed E-state index contributed by atoms with van der Waals surface area (Å²) in [5.41, 5.74) is 1.07. The molecule has 1 unspecified atom stereocenters. The smallest absolute Gasteiger partial charge is 0.325 e. The monoisotopic (exact) mass is 238 g/mol. The van der Waals surface area contributed by atoms with E-state index in [0.717, 1.165) is 0 Å². The van der Waals surface area contributed by atoms with E-state index in [9.17, 15) is 14.9 Å². The van der Waals surface area contributed by atoms with Gasteiger partial charge < -0.3 is 10.4 Å². The van der Waals surface area contributed by atoms with Gasteiger partial charge >= 0.3 is 5.97 Å². The first-order valence-corrected chi connectivity index (χ1v) is 5.22. The Morgan fingerprint density at radius 3 is 2.71 bits per heavy atom. The lowest BCUT2D eigenvalue weighted by molar-refractivity contribution is -0.385. The summed E-state index contributed by atoms with van der Waals surface area (Å²) in [6.07, 6.45) is 0.561. The van der Waals surface area contributed by atoms with E-state index >= 15 is 0 Å². The number of nitrogens with one attached hydrogen (secondary N) is 1. The van der Waals surface area contributed by atoms with E-state index in [1.54, 1.807) is 12.1 Å². The molecule has 1 rings (SSSR count). The van der Waals surface area contributed by atoms with Gasteiger partial charge in [-0.2, -0.15) is 0 Å². The first-order chi connectivity index (χ1) is 7.95. The fourth-order valence-corrected chi connectivity index (χ4v) is 1.43. The molecule has 0 amide bonds. The van der Waals surface area contributed by atoms with Gasteiger partial charge in [0.1, 0.15) is 6.04 Å². The predicted octanol–water partition coefficient (Wildman–Crippen LogP) is 2.04. The number of rotatable bonds is 5. The summed E-state index contributed by atoms with van der Waals surface area (Å²) in [6.45, 7) is 3.30. The minimum atomic E-state index is -1.01. The van der Waals surface area contributed by atoms with E-state index in [0.29, 0.717) is 17.7 Å². The molecule has 0 heterocycles. The molecule has 0 aliphatic rings. The molecule has 2 N–H and O–H groups in total. The van der Waals surface area contributed by atoms with Gasteiger partial charge in [-0.1, -0.05) is 13.0 Å². The SMILES string of the molecule is CCc1ccc(NC(C)C(=O)O)cc1[N+](=O)[O-]. The molecule has 1 aromatic carbocycles. The highest BCUT2D eigenvalue weighted by molar-refractivity contribution is 5.77. The minimum Gasteiger partial charge on any atom is -0.480 e. The van der Waals surface area contributed by atoms with E-state index in [2.05, 4.69) is 5.32 Å². The second-order valence-electron chi connectivity index (χ2n) is 3.66. The number of aliphatic carboxylic acids is 1. The van der Waals surface area contributed by atoms with E-state index < -0.39 is 16.9 Å². The Morgan fingerprint density at radius 1 is 1.59 bits per heavy atom. The molecule has 0 fully saturated rings. The summed E-state index contributed by atoms with van der Waals surface area (Å²) in [6, 6.07) is 3.85. The van der Waals surface area contributed by atoms with E-state index in [1.807, 2.05) is 6.92 Å². The third kappa shape index (κ3) is 3.17. The largest absolute Gasteiger partial charge is 0.480 e. The van der Waals surface area contributed by atoms with Crippen LogP contribution in [0, 0.1) is 10.1 Å². The van der Waals surface area contributed by atoms with E-state index in [1.165, 1.54) is 13.0 Å². The Bertz CT molecular complexity index is 445. The molecule has 6 heteroatoms. The van der Waals surface area contributed by atoms with Crippen molar-refractivity contribution in [3.8, 4) is 0 Å². The molecular weight excluding hydrogens is 224 g/mol. The molecule has 0 aromatic heterocycles. The van der Waals surface area contributed by atoms with Crippen molar-refractivity contribution in [1.82, 2.24) is 0 Å². The summed E-state index contributed by atoms with van der Waals surface area (Å²) < 4.78 is 0. The Hall–Kier alpha value is -2.11. The van der Waals surface area contributed by atoms with Crippen molar-refractivity contribution < 1.29 is 14.8 Å². The number of hydrogen-bond donors (Lipinski definition) is 2. The maximum absolute atomic E-state index is 10.8. The van der Waals surface area contributed by atoms with Crippen molar-refractivity contribution in [1.29, 1.82) is 0 Å². The third-order valence-corrected chi connectivity index (χ3v) is 2.42. The number of nitro groups is 1. The van der Waals surface area contributed by atoms with Crippen LogP contribution in [-0.4, -0.2) is 22.0 Å². The lowest BCUT2D eigenvalue weighted by atomic mass is 10.1. The number of nitrogens with zero attached hydrogens (tertiary/aromatic N) is 1. The predicted molar refractivity (Wildman–Crippen MR) is 63.2 cm³/mol. The second-order valence-corrected chi connectivity index (χ2v) is 3.66. The maximum atomic E-state index is 10.8. The average molecular weight is 238 g/mol. The number of carbonyl (C=O) groups is 1. The molecule has 0 radical (unpaired) electrons. The van der Waals surface area contributed by atoms with Crippen molar-refractivity contribution in [3.63, 3.8) is 0 Å². The highest BCUT2D eigenvalue weighted by Crippen LogP contribution is 2.24. The number of nitro benzene ring substituents is 1. The molecular formula is C11H14N2O4. The second kappa shape index (κ2) is 5.29. The number of carboxylic acid groups (broad SMARTS) is 1. The van der Waals surface area contributed by atoms with Gasteiger partial charge in [-0.25, -0.2) is 0 Å². The van der Waals surface area contributed by atoms with Gasteiger partial charge in [0.15, 0.2) is 0 Å². The fourth-order valence-electron chi connectivity index (χ4n) is 1.43. The first kappa shape index (κ1) is 13.0. The molecule has 1 aromatic rings. The first-order valence-electron chi connectivity index (χ1n) is 5.22. The van der Waals surface area contributed by atoms with E-state index in [-0.39, 0.29) is 5.69 Å². The molecule has 0 bridgehead atoms. The van der Waals surface area contributed by atoms with Crippen molar-refractivity contribution in [3.05, 3.63) is 33.9 Å². The maximum Gasteiger partial charge on any atom is 0.325 e. The molecule has 6 nitrogen and oxygen atoms in total. The van der Waals surface area contributed by atoms with Crippen molar-refractivity contribution in [2.24, 2.45) is 0 Å². The van der Waals surface area contributed by atoms with Gasteiger partial charge in [0, 0.05) is 17.3 Å². The van der Waals surface area contributed by atoms with Crippen LogP contribution in [-0.2, 0) is 11.2 Å². The molecule has 1 atom stereocenters. The van der Waals surface area contributed by atoms with Crippen molar-refractivity contribution >= 4 is 17.3 Å². The van der Waals surface area contributed by atoms with Gasteiger partial charge in [0.2, 0.25) is 0 Å². The number of anilines is 1. The van der Waals surface area contributed by atoms with Crippen LogP contribution in [0.2, 0.25) is 0 Å². The summed E-state index contributed by atoms with van der Waals surface area (Å²) in [5, 5.41) is 22.2. The van der Waals surface area contributed by atoms with E-state index in [4.69, 9.17) is 5.11 Å². The normalized spacial score (nSPS) is 11.9. The summed E-state index contributed by atoms with van der Waals surface area (Å²) >= 11 is 0. The quantitative estimate of drug-likeness (QED) is 0.604. The van der Waals surface area contributed by atoms with Crippen LogP contribution in [0.4, 0.5) is 11.4 Å². The number of aryl methyl sites for hydroxylation is 1. The molecule has 0 aliphatic carbocycles. The Balaban J connectivity index is 3.00. The van der Waals surface area contributed by atoms with Gasteiger partial charge in [-0.15, -0.1) is 0 Å². The third-order valence-electron chi connectivity index (χ3n) is 2.42. The molecule has 0 saturated heterocycles. The zero-order valence-corrected chi connectivity index (χ0v) is 9.64. The number of benzene rings is 1. The number of carboxylic acids is 1. The van der Waals surface area contributed by atoms with Crippen LogP contribution < -0.4 is 5.32 Å². The summed E-state index contributed by atoms with van der Waals surface area (Å²) in [7, 11) is 0. The van der Waals surface area contributed by atoms with Gasteiger partial charge in [-0.05, 0) is 19.4 Å². The standard InChI is InChI=1S/C11H14N2O4/c1-3-8-4-5-9(6-10(8)13(16)17)12-7(2)11(14)15/h4-7,12H,3H2,1-2H3,(H,14,15). The molecule has 92 valence electrons. The van der Waals surface area contributed by atoms with Gasteiger partial charge in [-0.3, -0.25) is 14.9 Å². The van der Waals surface area contributed by atoms with Crippen LogP contribution in [0.5, 0.6) is 0 Å². The van der Waals surface area contributed by atoms with Crippen molar-refractivity contribution in [2.45, 2.75) is 26.3 Å². The lowest BCUT2D eigenvalue weighted by Gasteiger charge is -2.11. The molecule has 0 spiro atoms. The van der Waals surface area contributed by atoms with Crippen LogP contribution in [0.3, 0.4) is 0 Å². The lowest BCUT2D eigenvalue weighted by Crippen LogP contribution is -2.25. The Morgan fingerprint density at radius 2 is 2.24 bits per heavy atom. The molecule has 0 saturated carbocycles. The van der Waals surface area contributed by atoms with Crippen LogP contribution in [0.1, 0.15) is 19.4 Å². The zero-order chi connectivity index (χ0) is 13.0. The Kier molecular flexibility index (Phi) is 4.03. The fraction of sp³-hybridized carbons (Fsp3) is 0.364. The van der Waals surface area contributed by atoms with Crippen LogP contribution in [0.25, 0.3) is 0 Å². The topological polar surface area (TPSA) is 92.5 Å². The Labute approximate surface area is 98.4 Å². The highest BCUT2D eigenvalue weighted by atomic mass is 16.6. The molecule has 0 aliphatic heterocycles. The number of hydrogen-bond acceptors (Lipinski definition) is 4. The van der Waals surface area contributed by atoms with Gasteiger partial charge in [0.25, 0.3) is 5.69 Å².